The number of rotatable bonds is 3. The largest absolute Gasteiger partial charge is 0.340 e. The highest BCUT2D eigenvalue weighted by molar-refractivity contribution is 5.80. The lowest BCUT2D eigenvalue weighted by atomic mass is 9.96. The minimum Gasteiger partial charge on any atom is -0.340 e. The molecule has 4 nitrogen and oxygen atoms in total. The Bertz CT molecular complexity index is 240. The first-order chi connectivity index (χ1) is 7.24. The van der Waals surface area contributed by atoms with Crippen molar-refractivity contribution in [3.8, 4) is 0 Å². The maximum absolute atomic E-state index is 12.2. The van der Waals surface area contributed by atoms with E-state index in [0.29, 0.717) is 18.0 Å². The van der Waals surface area contributed by atoms with Crippen LogP contribution in [0.25, 0.3) is 0 Å². The van der Waals surface area contributed by atoms with E-state index < -0.39 is 0 Å². The Labute approximate surface area is 91.4 Å². The third-order valence-corrected chi connectivity index (χ3v) is 3.76. The van der Waals surface area contributed by atoms with Gasteiger partial charge in [0.05, 0.1) is 12.0 Å². The molecule has 2 saturated heterocycles. The van der Waals surface area contributed by atoms with E-state index in [-0.39, 0.29) is 5.92 Å². The molecule has 86 valence electrons. The number of nitrogens with zero attached hydrogens (tertiary/aromatic N) is 1. The van der Waals surface area contributed by atoms with Crippen LogP contribution in [-0.4, -0.2) is 49.6 Å². The molecule has 2 aliphatic rings. The highest BCUT2D eigenvalue weighted by Gasteiger charge is 2.36. The normalized spacial score (nSPS) is 31.3. The van der Waals surface area contributed by atoms with Crippen molar-refractivity contribution in [2.24, 2.45) is 5.92 Å². The molecule has 0 aliphatic carbocycles. The summed E-state index contributed by atoms with van der Waals surface area (Å²) in [7, 11) is 1.94. The van der Waals surface area contributed by atoms with E-state index in [1.54, 1.807) is 0 Å². The predicted octanol–water partition coefficient (Wildman–Crippen LogP) is -0.195. The number of carbonyl (C=O) groups excluding carboxylic acids is 1. The Kier molecular flexibility index (Phi) is 3.26. The molecule has 0 bridgehead atoms. The molecular weight excluding hydrogens is 190 g/mol. The summed E-state index contributed by atoms with van der Waals surface area (Å²) in [6.07, 6.45) is 2.05. The molecule has 0 aromatic heterocycles. The van der Waals surface area contributed by atoms with Crippen LogP contribution in [0.2, 0.25) is 0 Å². The molecule has 0 saturated carbocycles. The van der Waals surface area contributed by atoms with E-state index in [1.807, 2.05) is 11.9 Å². The van der Waals surface area contributed by atoms with Gasteiger partial charge in [-0.3, -0.25) is 4.79 Å². The average molecular weight is 211 g/mol. The molecule has 1 amide bonds. The van der Waals surface area contributed by atoms with Gasteiger partial charge in [0.1, 0.15) is 0 Å². The number of hydrogen-bond donors (Lipinski definition) is 2. The third kappa shape index (κ3) is 2.01. The van der Waals surface area contributed by atoms with Crippen molar-refractivity contribution in [3.63, 3.8) is 0 Å². The van der Waals surface area contributed by atoms with E-state index in [2.05, 4.69) is 17.6 Å². The molecule has 0 spiro atoms. The SMILES string of the molecule is CCC1NCCC1C(=O)N(C)C1CNC1. The molecular formula is C11H21N3O. The van der Waals surface area contributed by atoms with Gasteiger partial charge >= 0.3 is 0 Å². The van der Waals surface area contributed by atoms with Crippen LogP contribution in [0, 0.1) is 5.92 Å². The predicted molar refractivity (Wildman–Crippen MR) is 59.6 cm³/mol. The third-order valence-electron chi connectivity index (χ3n) is 3.76. The van der Waals surface area contributed by atoms with Crippen LogP contribution >= 0.6 is 0 Å². The summed E-state index contributed by atoms with van der Waals surface area (Å²) in [6, 6.07) is 0.823. The van der Waals surface area contributed by atoms with Crippen LogP contribution < -0.4 is 10.6 Å². The summed E-state index contributed by atoms with van der Waals surface area (Å²) < 4.78 is 0. The van der Waals surface area contributed by atoms with Gasteiger partial charge in [-0.25, -0.2) is 0 Å². The number of likely N-dealkylation sites (N-methyl/N-ethyl adjacent to an activating group) is 1. The van der Waals surface area contributed by atoms with Crippen LogP contribution in [0.4, 0.5) is 0 Å². The van der Waals surface area contributed by atoms with Crippen molar-refractivity contribution in [3.05, 3.63) is 0 Å². The van der Waals surface area contributed by atoms with Crippen LogP contribution in [0.1, 0.15) is 19.8 Å². The zero-order valence-electron chi connectivity index (χ0n) is 9.62. The molecule has 2 N–H and O–H groups in total. The van der Waals surface area contributed by atoms with Gasteiger partial charge in [0, 0.05) is 26.2 Å². The highest BCUT2D eigenvalue weighted by Crippen LogP contribution is 2.21. The fourth-order valence-electron chi connectivity index (χ4n) is 2.48. The highest BCUT2D eigenvalue weighted by atomic mass is 16.2. The quantitative estimate of drug-likeness (QED) is 0.680. The fraction of sp³-hybridized carbons (Fsp3) is 0.909. The maximum Gasteiger partial charge on any atom is 0.227 e. The second kappa shape index (κ2) is 4.49. The second-order valence-corrected chi connectivity index (χ2v) is 4.63. The minimum absolute atomic E-state index is 0.209. The Morgan fingerprint density at radius 3 is 2.73 bits per heavy atom. The van der Waals surface area contributed by atoms with Crippen molar-refractivity contribution in [2.75, 3.05) is 26.7 Å². The standard InChI is InChI=1S/C11H21N3O/c1-3-10-9(4-5-13-10)11(15)14(2)8-6-12-7-8/h8-10,12-13H,3-7H2,1-2H3. The van der Waals surface area contributed by atoms with E-state index in [4.69, 9.17) is 0 Å². The molecule has 2 heterocycles. The lowest BCUT2D eigenvalue weighted by Crippen LogP contribution is -2.59. The van der Waals surface area contributed by atoms with E-state index >= 15 is 0 Å². The van der Waals surface area contributed by atoms with Crippen LogP contribution in [-0.2, 0) is 4.79 Å². The molecule has 4 heteroatoms. The first kappa shape index (κ1) is 10.9. The number of amides is 1. The van der Waals surface area contributed by atoms with Crippen molar-refractivity contribution >= 4 is 5.91 Å². The summed E-state index contributed by atoms with van der Waals surface area (Å²) in [5, 5.41) is 6.61. The van der Waals surface area contributed by atoms with Gasteiger partial charge in [0.15, 0.2) is 0 Å². The van der Waals surface area contributed by atoms with E-state index in [9.17, 15) is 4.79 Å². The van der Waals surface area contributed by atoms with Crippen molar-refractivity contribution < 1.29 is 4.79 Å². The summed E-state index contributed by atoms with van der Waals surface area (Å²) in [5.74, 6) is 0.541. The smallest absolute Gasteiger partial charge is 0.227 e. The summed E-state index contributed by atoms with van der Waals surface area (Å²) in [6.45, 7) is 5.05. The average Bonchev–Trinajstić information content (AvgIpc) is 2.61. The Balaban J connectivity index is 1.93. The molecule has 0 radical (unpaired) electrons. The van der Waals surface area contributed by atoms with Gasteiger partial charge in [-0.15, -0.1) is 0 Å². The Hall–Kier alpha value is -0.610. The van der Waals surface area contributed by atoms with Gasteiger partial charge in [-0.2, -0.15) is 0 Å². The lowest BCUT2D eigenvalue weighted by molar-refractivity contribution is -0.137. The zero-order valence-corrected chi connectivity index (χ0v) is 9.62. The molecule has 2 aliphatic heterocycles. The summed E-state index contributed by atoms with van der Waals surface area (Å²) in [4.78, 5) is 14.1. The van der Waals surface area contributed by atoms with Crippen LogP contribution in [0.5, 0.6) is 0 Å². The molecule has 2 rings (SSSR count). The lowest BCUT2D eigenvalue weighted by Gasteiger charge is -2.37. The monoisotopic (exact) mass is 211 g/mol. The molecule has 2 unspecified atom stereocenters. The van der Waals surface area contributed by atoms with Gasteiger partial charge in [0.25, 0.3) is 0 Å². The molecule has 2 fully saturated rings. The fourth-order valence-corrected chi connectivity index (χ4v) is 2.48. The minimum atomic E-state index is 0.209. The Morgan fingerprint density at radius 2 is 2.20 bits per heavy atom. The van der Waals surface area contributed by atoms with E-state index in [1.165, 1.54) is 0 Å². The van der Waals surface area contributed by atoms with E-state index in [0.717, 1.165) is 32.5 Å². The molecule has 0 aromatic rings. The molecule has 0 aromatic carbocycles. The van der Waals surface area contributed by atoms with Crippen molar-refractivity contribution in [2.45, 2.75) is 31.8 Å². The molecule has 2 atom stereocenters. The second-order valence-electron chi connectivity index (χ2n) is 4.63. The molecule has 15 heavy (non-hydrogen) atoms. The van der Waals surface area contributed by atoms with Gasteiger partial charge in [-0.1, -0.05) is 6.92 Å². The maximum atomic E-state index is 12.2. The number of carbonyl (C=O) groups is 1. The van der Waals surface area contributed by atoms with Gasteiger partial charge in [-0.05, 0) is 19.4 Å². The number of hydrogen-bond acceptors (Lipinski definition) is 3. The summed E-state index contributed by atoms with van der Waals surface area (Å²) in [5.41, 5.74) is 0. The zero-order chi connectivity index (χ0) is 10.8. The van der Waals surface area contributed by atoms with Crippen LogP contribution in [0.15, 0.2) is 0 Å². The van der Waals surface area contributed by atoms with Gasteiger partial charge < -0.3 is 15.5 Å². The number of nitrogens with one attached hydrogen (secondary N) is 2. The summed E-state index contributed by atoms with van der Waals surface area (Å²) >= 11 is 0. The first-order valence-electron chi connectivity index (χ1n) is 5.94. The van der Waals surface area contributed by atoms with Crippen molar-refractivity contribution in [1.29, 1.82) is 0 Å². The van der Waals surface area contributed by atoms with Crippen molar-refractivity contribution in [1.82, 2.24) is 15.5 Å². The first-order valence-corrected chi connectivity index (χ1v) is 5.94. The Morgan fingerprint density at radius 1 is 1.47 bits per heavy atom. The van der Waals surface area contributed by atoms with Gasteiger partial charge in [0.2, 0.25) is 5.91 Å². The van der Waals surface area contributed by atoms with Crippen LogP contribution in [0.3, 0.4) is 0 Å². The topological polar surface area (TPSA) is 44.4 Å².